The van der Waals surface area contributed by atoms with E-state index in [4.69, 9.17) is 0 Å². The first-order valence-corrected chi connectivity index (χ1v) is 4.66. The van der Waals surface area contributed by atoms with Crippen LogP contribution in [-0.2, 0) is 0 Å². The van der Waals surface area contributed by atoms with Gasteiger partial charge in [-0.25, -0.2) is 0 Å². The van der Waals surface area contributed by atoms with Gasteiger partial charge in [-0.05, 0) is 20.2 Å². The molecular weight excluding hydrogens is 178 g/mol. The van der Waals surface area contributed by atoms with E-state index in [9.17, 15) is 5.11 Å². The first kappa shape index (κ1) is 11.1. The van der Waals surface area contributed by atoms with Crippen LogP contribution in [0.4, 0.5) is 0 Å². The monoisotopic (exact) mass is 195 g/mol. The molecule has 0 radical (unpaired) electrons. The SMILES string of the molecule is CN(C)CCNC(O)c1cccnc1. The Morgan fingerprint density at radius 3 is 2.93 bits per heavy atom. The molecule has 1 atom stereocenters. The van der Waals surface area contributed by atoms with Crippen molar-refractivity contribution in [2.75, 3.05) is 27.2 Å². The average molecular weight is 195 g/mol. The van der Waals surface area contributed by atoms with E-state index in [0.29, 0.717) is 0 Å². The Labute approximate surface area is 84.6 Å². The van der Waals surface area contributed by atoms with E-state index in [2.05, 4.69) is 15.2 Å². The van der Waals surface area contributed by atoms with Crippen LogP contribution in [0.25, 0.3) is 0 Å². The highest BCUT2D eigenvalue weighted by molar-refractivity contribution is 5.10. The number of nitrogens with zero attached hydrogens (tertiary/aromatic N) is 2. The lowest BCUT2D eigenvalue weighted by Crippen LogP contribution is -2.29. The average Bonchev–Trinajstić information content (AvgIpc) is 2.18. The summed E-state index contributed by atoms with van der Waals surface area (Å²) in [5.74, 6) is 0. The molecule has 1 aromatic rings. The quantitative estimate of drug-likeness (QED) is 0.660. The van der Waals surface area contributed by atoms with Crippen molar-refractivity contribution in [3.05, 3.63) is 30.1 Å². The highest BCUT2D eigenvalue weighted by Gasteiger charge is 2.04. The summed E-state index contributed by atoms with van der Waals surface area (Å²) < 4.78 is 0. The smallest absolute Gasteiger partial charge is 0.132 e. The number of nitrogens with one attached hydrogen (secondary N) is 1. The molecule has 0 saturated carbocycles. The van der Waals surface area contributed by atoms with E-state index in [1.165, 1.54) is 0 Å². The van der Waals surface area contributed by atoms with Gasteiger partial charge in [-0.1, -0.05) is 6.07 Å². The zero-order valence-electron chi connectivity index (χ0n) is 8.64. The molecule has 0 amide bonds. The molecule has 14 heavy (non-hydrogen) atoms. The number of likely N-dealkylation sites (N-methyl/N-ethyl adjacent to an activating group) is 1. The maximum absolute atomic E-state index is 9.66. The van der Waals surface area contributed by atoms with Gasteiger partial charge in [-0.2, -0.15) is 0 Å². The summed E-state index contributed by atoms with van der Waals surface area (Å²) in [6, 6.07) is 3.66. The number of aromatic nitrogens is 1. The van der Waals surface area contributed by atoms with Gasteiger partial charge in [-0.3, -0.25) is 10.3 Å². The molecule has 1 unspecified atom stereocenters. The molecule has 0 bridgehead atoms. The number of pyridine rings is 1. The van der Waals surface area contributed by atoms with Gasteiger partial charge in [0, 0.05) is 31.0 Å². The fraction of sp³-hybridized carbons (Fsp3) is 0.500. The molecule has 0 fully saturated rings. The van der Waals surface area contributed by atoms with Gasteiger partial charge in [0.2, 0.25) is 0 Å². The lowest BCUT2D eigenvalue weighted by atomic mass is 10.2. The second-order valence-electron chi connectivity index (χ2n) is 3.45. The van der Waals surface area contributed by atoms with E-state index in [0.717, 1.165) is 18.7 Å². The van der Waals surface area contributed by atoms with E-state index >= 15 is 0 Å². The highest BCUT2D eigenvalue weighted by Crippen LogP contribution is 2.05. The van der Waals surface area contributed by atoms with Crippen LogP contribution >= 0.6 is 0 Å². The van der Waals surface area contributed by atoms with Crippen LogP contribution in [0, 0.1) is 0 Å². The maximum atomic E-state index is 9.66. The van der Waals surface area contributed by atoms with E-state index < -0.39 is 6.23 Å². The van der Waals surface area contributed by atoms with Crippen LogP contribution in [0.15, 0.2) is 24.5 Å². The molecule has 1 aromatic heterocycles. The van der Waals surface area contributed by atoms with Gasteiger partial charge in [-0.15, -0.1) is 0 Å². The third-order valence-electron chi connectivity index (χ3n) is 1.90. The first-order valence-electron chi connectivity index (χ1n) is 4.66. The second-order valence-corrected chi connectivity index (χ2v) is 3.45. The molecule has 0 spiro atoms. The molecule has 0 saturated heterocycles. The van der Waals surface area contributed by atoms with Crippen LogP contribution in [0.5, 0.6) is 0 Å². The molecule has 78 valence electrons. The fourth-order valence-electron chi connectivity index (χ4n) is 1.08. The summed E-state index contributed by atoms with van der Waals surface area (Å²) in [5.41, 5.74) is 0.797. The van der Waals surface area contributed by atoms with Crippen molar-refractivity contribution in [3.63, 3.8) is 0 Å². The molecule has 0 aliphatic heterocycles. The van der Waals surface area contributed by atoms with E-state index in [1.807, 2.05) is 26.2 Å². The minimum atomic E-state index is -0.622. The summed E-state index contributed by atoms with van der Waals surface area (Å²) in [6.45, 7) is 1.65. The van der Waals surface area contributed by atoms with Gasteiger partial charge in [0.25, 0.3) is 0 Å². The summed E-state index contributed by atoms with van der Waals surface area (Å²) in [5, 5.41) is 12.7. The Bertz CT molecular complexity index is 251. The molecule has 0 aliphatic carbocycles. The van der Waals surface area contributed by atoms with Crippen LogP contribution in [0.1, 0.15) is 11.8 Å². The number of hydrogen-bond acceptors (Lipinski definition) is 4. The van der Waals surface area contributed by atoms with Gasteiger partial charge >= 0.3 is 0 Å². The largest absolute Gasteiger partial charge is 0.374 e. The van der Waals surface area contributed by atoms with Crippen molar-refractivity contribution in [2.24, 2.45) is 0 Å². The normalized spacial score (nSPS) is 13.1. The fourth-order valence-corrected chi connectivity index (χ4v) is 1.08. The number of aliphatic hydroxyl groups excluding tert-OH is 1. The lowest BCUT2D eigenvalue weighted by molar-refractivity contribution is 0.136. The molecule has 1 rings (SSSR count). The van der Waals surface area contributed by atoms with Crippen LogP contribution < -0.4 is 5.32 Å². The molecular formula is C10H17N3O. The van der Waals surface area contributed by atoms with Crippen molar-refractivity contribution < 1.29 is 5.11 Å². The summed E-state index contributed by atoms with van der Waals surface area (Å²) in [6.07, 6.45) is 2.73. The Morgan fingerprint density at radius 1 is 1.57 bits per heavy atom. The van der Waals surface area contributed by atoms with Crippen LogP contribution in [-0.4, -0.2) is 42.2 Å². The molecule has 0 aliphatic rings. The third-order valence-corrected chi connectivity index (χ3v) is 1.90. The second kappa shape index (κ2) is 5.70. The first-order chi connectivity index (χ1) is 6.70. The predicted octanol–water partition coefficient (Wildman–Crippen LogP) is 0.224. The Morgan fingerprint density at radius 2 is 2.36 bits per heavy atom. The molecule has 4 heteroatoms. The molecule has 1 heterocycles. The lowest BCUT2D eigenvalue weighted by Gasteiger charge is -2.15. The highest BCUT2D eigenvalue weighted by atomic mass is 16.3. The van der Waals surface area contributed by atoms with E-state index in [1.54, 1.807) is 12.4 Å². The minimum absolute atomic E-state index is 0.622. The van der Waals surface area contributed by atoms with Crippen molar-refractivity contribution in [2.45, 2.75) is 6.23 Å². The van der Waals surface area contributed by atoms with E-state index in [-0.39, 0.29) is 0 Å². The van der Waals surface area contributed by atoms with Crippen molar-refractivity contribution in [1.29, 1.82) is 0 Å². The zero-order chi connectivity index (χ0) is 10.4. The topological polar surface area (TPSA) is 48.4 Å². The van der Waals surface area contributed by atoms with Crippen molar-refractivity contribution >= 4 is 0 Å². The summed E-state index contributed by atoms with van der Waals surface area (Å²) in [7, 11) is 4.00. The van der Waals surface area contributed by atoms with Crippen LogP contribution in [0.2, 0.25) is 0 Å². The van der Waals surface area contributed by atoms with Crippen LogP contribution in [0.3, 0.4) is 0 Å². The van der Waals surface area contributed by atoms with Gasteiger partial charge in [0.1, 0.15) is 6.23 Å². The Kier molecular flexibility index (Phi) is 4.52. The number of hydrogen-bond donors (Lipinski definition) is 2. The number of rotatable bonds is 5. The molecule has 4 nitrogen and oxygen atoms in total. The standard InChI is InChI=1S/C10H17N3O/c1-13(2)7-6-12-10(14)9-4-3-5-11-8-9/h3-5,8,10,12,14H,6-7H2,1-2H3. The zero-order valence-corrected chi connectivity index (χ0v) is 8.64. The maximum Gasteiger partial charge on any atom is 0.132 e. The Hall–Kier alpha value is -0.970. The molecule has 2 N–H and O–H groups in total. The third kappa shape index (κ3) is 3.83. The van der Waals surface area contributed by atoms with Crippen molar-refractivity contribution in [1.82, 2.24) is 15.2 Å². The summed E-state index contributed by atoms with van der Waals surface area (Å²) >= 11 is 0. The predicted molar refractivity (Wildman–Crippen MR) is 55.8 cm³/mol. The minimum Gasteiger partial charge on any atom is -0.374 e. The van der Waals surface area contributed by atoms with Crippen molar-refractivity contribution in [3.8, 4) is 0 Å². The van der Waals surface area contributed by atoms with Gasteiger partial charge in [0.05, 0.1) is 0 Å². The summed E-state index contributed by atoms with van der Waals surface area (Å²) in [4.78, 5) is 6.00. The number of aliphatic hydroxyl groups is 1. The molecule has 0 aromatic carbocycles. The van der Waals surface area contributed by atoms with Gasteiger partial charge < -0.3 is 10.0 Å². The Balaban J connectivity index is 2.32. The van der Waals surface area contributed by atoms with Gasteiger partial charge in [0.15, 0.2) is 0 Å².